The van der Waals surface area contributed by atoms with E-state index in [0.717, 1.165) is 23.1 Å². The Morgan fingerprint density at radius 3 is 2.81 bits per heavy atom. The van der Waals surface area contributed by atoms with Gasteiger partial charge in [-0.2, -0.15) is 0 Å². The van der Waals surface area contributed by atoms with Crippen molar-refractivity contribution in [1.82, 2.24) is 5.32 Å². The van der Waals surface area contributed by atoms with E-state index in [1.54, 1.807) is 7.05 Å². The second-order valence-corrected chi connectivity index (χ2v) is 4.58. The Morgan fingerprint density at radius 2 is 2.19 bits per heavy atom. The summed E-state index contributed by atoms with van der Waals surface area (Å²) >= 11 is 3.43. The van der Waals surface area contributed by atoms with Gasteiger partial charge in [-0.1, -0.05) is 15.9 Å². The van der Waals surface area contributed by atoms with Crippen molar-refractivity contribution in [3.05, 3.63) is 28.2 Å². The lowest BCUT2D eigenvalue weighted by Crippen LogP contribution is -2.18. The maximum Gasteiger partial charge on any atom is 0.219 e. The van der Waals surface area contributed by atoms with E-state index in [4.69, 9.17) is 0 Å². The molecule has 88 valence electrons. The first-order valence-electron chi connectivity index (χ1n) is 5.34. The number of carbonyl (C=O) groups is 1. The number of hydrogen-bond acceptors (Lipinski definition) is 2. The minimum Gasteiger partial charge on any atom is -0.385 e. The van der Waals surface area contributed by atoms with Crippen LogP contribution in [0.4, 0.5) is 5.69 Å². The van der Waals surface area contributed by atoms with Gasteiger partial charge in [-0.25, -0.2) is 0 Å². The summed E-state index contributed by atoms with van der Waals surface area (Å²) in [5, 5.41) is 5.93. The Morgan fingerprint density at radius 1 is 1.44 bits per heavy atom. The largest absolute Gasteiger partial charge is 0.385 e. The molecule has 0 fully saturated rings. The zero-order chi connectivity index (χ0) is 12.0. The molecule has 16 heavy (non-hydrogen) atoms. The minimum absolute atomic E-state index is 0.0920. The summed E-state index contributed by atoms with van der Waals surface area (Å²) in [5.74, 6) is 0.0920. The summed E-state index contributed by atoms with van der Waals surface area (Å²) < 4.78 is 1.08. The smallest absolute Gasteiger partial charge is 0.219 e. The number of rotatable bonds is 5. The van der Waals surface area contributed by atoms with Crippen LogP contribution in [-0.4, -0.2) is 19.5 Å². The molecule has 0 saturated heterocycles. The second kappa shape index (κ2) is 6.53. The number of aryl methyl sites for hydroxylation is 1. The molecule has 1 aromatic rings. The van der Waals surface area contributed by atoms with Crippen LogP contribution in [0.2, 0.25) is 0 Å². The van der Waals surface area contributed by atoms with Crippen molar-refractivity contribution < 1.29 is 4.79 Å². The van der Waals surface area contributed by atoms with Gasteiger partial charge in [0.15, 0.2) is 0 Å². The molecule has 4 heteroatoms. The first kappa shape index (κ1) is 13.0. The van der Waals surface area contributed by atoms with Crippen LogP contribution in [0.1, 0.15) is 18.4 Å². The average molecular weight is 285 g/mol. The molecule has 0 aromatic heterocycles. The van der Waals surface area contributed by atoms with E-state index in [1.165, 1.54) is 5.56 Å². The zero-order valence-corrected chi connectivity index (χ0v) is 11.2. The summed E-state index contributed by atoms with van der Waals surface area (Å²) in [5.41, 5.74) is 2.33. The predicted molar refractivity (Wildman–Crippen MR) is 70.7 cm³/mol. The number of halogens is 1. The number of amides is 1. The third-order valence-corrected chi connectivity index (χ3v) is 2.86. The molecule has 1 aromatic carbocycles. The van der Waals surface area contributed by atoms with E-state index in [1.807, 2.05) is 12.1 Å². The van der Waals surface area contributed by atoms with Crippen LogP contribution < -0.4 is 10.6 Å². The van der Waals surface area contributed by atoms with Crippen LogP contribution in [0.3, 0.4) is 0 Å². The molecule has 0 unspecified atom stereocenters. The molecule has 0 radical (unpaired) electrons. The minimum atomic E-state index is 0.0920. The standard InChI is InChI=1S/C12H17BrN2O/c1-9-8-10(13)5-6-11(9)15-7-3-4-12(16)14-2/h5-6,8,15H,3-4,7H2,1-2H3,(H,14,16). The quantitative estimate of drug-likeness (QED) is 0.817. The summed E-state index contributed by atoms with van der Waals surface area (Å²) in [6.07, 6.45) is 1.41. The number of carbonyl (C=O) groups excluding carboxylic acids is 1. The topological polar surface area (TPSA) is 41.1 Å². The molecule has 0 aliphatic rings. The zero-order valence-electron chi connectivity index (χ0n) is 9.64. The van der Waals surface area contributed by atoms with Crippen molar-refractivity contribution in [2.24, 2.45) is 0 Å². The first-order chi connectivity index (χ1) is 7.63. The molecule has 0 atom stereocenters. The van der Waals surface area contributed by atoms with Gasteiger partial charge in [0.1, 0.15) is 0 Å². The van der Waals surface area contributed by atoms with E-state index in [2.05, 4.69) is 39.6 Å². The molecular weight excluding hydrogens is 268 g/mol. The molecular formula is C12H17BrN2O. The summed E-state index contributed by atoms with van der Waals surface area (Å²) in [4.78, 5) is 11.0. The molecule has 0 spiro atoms. The fraction of sp³-hybridized carbons (Fsp3) is 0.417. The van der Waals surface area contributed by atoms with E-state index in [-0.39, 0.29) is 5.91 Å². The number of hydrogen-bond donors (Lipinski definition) is 2. The summed E-state index contributed by atoms with van der Waals surface area (Å²) in [6, 6.07) is 6.12. The van der Waals surface area contributed by atoms with E-state index in [9.17, 15) is 4.79 Å². The normalized spacial score (nSPS) is 9.94. The maximum atomic E-state index is 11.0. The molecule has 0 aliphatic heterocycles. The van der Waals surface area contributed by atoms with Crippen molar-refractivity contribution >= 4 is 27.5 Å². The second-order valence-electron chi connectivity index (χ2n) is 3.66. The highest BCUT2D eigenvalue weighted by molar-refractivity contribution is 9.10. The van der Waals surface area contributed by atoms with Crippen LogP contribution in [0.15, 0.2) is 22.7 Å². The molecule has 0 saturated carbocycles. The molecule has 1 rings (SSSR count). The van der Waals surface area contributed by atoms with Crippen LogP contribution in [-0.2, 0) is 4.79 Å². The summed E-state index contributed by atoms with van der Waals surface area (Å²) in [7, 11) is 1.66. The first-order valence-corrected chi connectivity index (χ1v) is 6.13. The molecule has 1 amide bonds. The Balaban J connectivity index is 2.35. The van der Waals surface area contributed by atoms with Crippen molar-refractivity contribution in [3.63, 3.8) is 0 Å². The maximum absolute atomic E-state index is 11.0. The lowest BCUT2D eigenvalue weighted by Gasteiger charge is -2.09. The highest BCUT2D eigenvalue weighted by Crippen LogP contribution is 2.19. The van der Waals surface area contributed by atoms with Gasteiger partial charge in [0, 0.05) is 30.2 Å². The van der Waals surface area contributed by atoms with Gasteiger partial charge in [0.05, 0.1) is 0 Å². The Hall–Kier alpha value is -1.03. The van der Waals surface area contributed by atoms with Crippen LogP contribution in [0, 0.1) is 6.92 Å². The highest BCUT2D eigenvalue weighted by Gasteiger charge is 2.00. The van der Waals surface area contributed by atoms with Crippen LogP contribution >= 0.6 is 15.9 Å². The molecule has 2 N–H and O–H groups in total. The van der Waals surface area contributed by atoms with Gasteiger partial charge in [-0.3, -0.25) is 4.79 Å². The third kappa shape index (κ3) is 4.23. The Bertz CT molecular complexity index is 366. The number of anilines is 1. The van der Waals surface area contributed by atoms with Gasteiger partial charge < -0.3 is 10.6 Å². The Labute approximate surface area is 105 Å². The van der Waals surface area contributed by atoms with E-state index >= 15 is 0 Å². The van der Waals surface area contributed by atoms with Gasteiger partial charge in [0.2, 0.25) is 5.91 Å². The van der Waals surface area contributed by atoms with Crippen molar-refractivity contribution in [1.29, 1.82) is 0 Å². The monoisotopic (exact) mass is 284 g/mol. The van der Waals surface area contributed by atoms with Gasteiger partial charge in [-0.15, -0.1) is 0 Å². The molecule has 3 nitrogen and oxygen atoms in total. The fourth-order valence-corrected chi connectivity index (χ4v) is 1.90. The lowest BCUT2D eigenvalue weighted by molar-refractivity contribution is -0.120. The highest BCUT2D eigenvalue weighted by atomic mass is 79.9. The van der Waals surface area contributed by atoms with Crippen LogP contribution in [0.5, 0.6) is 0 Å². The molecule has 0 heterocycles. The molecule has 0 bridgehead atoms. The van der Waals surface area contributed by atoms with E-state index in [0.29, 0.717) is 6.42 Å². The number of nitrogens with one attached hydrogen (secondary N) is 2. The third-order valence-electron chi connectivity index (χ3n) is 2.36. The van der Waals surface area contributed by atoms with Crippen molar-refractivity contribution in [2.75, 3.05) is 18.9 Å². The lowest BCUT2D eigenvalue weighted by atomic mass is 10.2. The Kier molecular flexibility index (Phi) is 5.32. The SMILES string of the molecule is CNC(=O)CCCNc1ccc(Br)cc1C. The predicted octanol–water partition coefficient (Wildman–Crippen LogP) is 2.70. The molecule has 0 aliphatic carbocycles. The van der Waals surface area contributed by atoms with Crippen LogP contribution in [0.25, 0.3) is 0 Å². The van der Waals surface area contributed by atoms with Gasteiger partial charge >= 0.3 is 0 Å². The van der Waals surface area contributed by atoms with Gasteiger partial charge in [0.25, 0.3) is 0 Å². The van der Waals surface area contributed by atoms with Gasteiger partial charge in [-0.05, 0) is 37.1 Å². The van der Waals surface area contributed by atoms with Crippen molar-refractivity contribution in [2.45, 2.75) is 19.8 Å². The summed E-state index contributed by atoms with van der Waals surface area (Å²) in [6.45, 7) is 2.88. The van der Waals surface area contributed by atoms with Crippen molar-refractivity contribution in [3.8, 4) is 0 Å². The fourth-order valence-electron chi connectivity index (χ4n) is 1.42. The van der Waals surface area contributed by atoms with E-state index < -0.39 is 0 Å². The number of benzene rings is 1. The average Bonchev–Trinajstić information content (AvgIpc) is 2.26.